The quantitative estimate of drug-likeness (QED) is 0.767. The first-order chi connectivity index (χ1) is 8.58. The number of aromatic carboxylic acids is 1. The first-order valence-corrected chi connectivity index (χ1v) is 6.44. The molecule has 4 nitrogen and oxygen atoms in total. The zero-order valence-electron chi connectivity index (χ0n) is 10.6. The number of aryl methyl sites for hydroxylation is 1. The van der Waals surface area contributed by atoms with Crippen LogP contribution in [-0.4, -0.2) is 23.2 Å². The molecule has 4 heteroatoms. The van der Waals surface area contributed by atoms with Gasteiger partial charge in [0, 0.05) is 17.8 Å². The molecule has 0 bridgehead atoms. The van der Waals surface area contributed by atoms with Crippen LogP contribution in [0.5, 0.6) is 0 Å². The highest BCUT2D eigenvalue weighted by Gasteiger charge is 2.23. The Morgan fingerprint density at radius 3 is 2.78 bits per heavy atom. The predicted octanol–water partition coefficient (Wildman–Crippen LogP) is 2.38. The molecule has 0 heterocycles. The van der Waals surface area contributed by atoms with E-state index in [1.807, 2.05) is 19.1 Å². The smallest absolute Gasteiger partial charge is 0.337 e. The molecule has 0 aliphatic heterocycles. The van der Waals surface area contributed by atoms with Crippen LogP contribution in [0.3, 0.4) is 0 Å². The lowest BCUT2D eigenvalue weighted by Gasteiger charge is -2.30. The van der Waals surface area contributed by atoms with Crippen LogP contribution in [-0.2, 0) is 0 Å². The largest absolute Gasteiger partial charge is 0.478 e. The van der Waals surface area contributed by atoms with Crippen LogP contribution in [0.25, 0.3) is 0 Å². The highest BCUT2D eigenvalue weighted by molar-refractivity contribution is 5.94. The van der Waals surface area contributed by atoms with E-state index in [2.05, 4.69) is 5.32 Å². The van der Waals surface area contributed by atoms with Gasteiger partial charge in [0.15, 0.2) is 0 Å². The Labute approximate surface area is 107 Å². The van der Waals surface area contributed by atoms with Crippen LogP contribution in [0.4, 0.5) is 5.69 Å². The first kappa shape index (κ1) is 12.9. The summed E-state index contributed by atoms with van der Waals surface area (Å²) in [6.07, 6.45) is 4.33. The Morgan fingerprint density at radius 2 is 2.11 bits per heavy atom. The van der Waals surface area contributed by atoms with E-state index in [0.717, 1.165) is 24.8 Å². The number of carboxylic acids is 1. The fourth-order valence-electron chi connectivity index (χ4n) is 2.50. The maximum atomic E-state index is 11.2. The van der Waals surface area contributed by atoms with Crippen molar-refractivity contribution in [3.63, 3.8) is 0 Å². The second kappa shape index (κ2) is 5.40. The summed E-state index contributed by atoms with van der Waals surface area (Å²) in [6, 6.07) is 5.63. The van der Waals surface area contributed by atoms with Crippen molar-refractivity contribution in [3.05, 3.63) is 29.3 Å². The zero-order chi connectivity index (χ0) is 13.1. The van der Waals surface area contributed by atoms with Gasteiger partial charge in [-0.25, -0.2) is 4.79 Å². The van der Waals surface area contributed by atoms with Gasteiger partial charge in [-0.05, 0) is 37.5 Å². The van der Waals surface area contributed by atoms with E-state index in [9.17, 15) is 9.90 Å². The standard InChI is InChI=1S/C14H20N2O2/c1-9-6-7-10(14(17)18)13(8-9)16-12-5-3-2-4-11(12)15/h6-8,11-12,16H,2-5,15H2,1H3,(H,17,18). The Bertz CT molecular complexity index is 445. The molecule has 0 spiro atoms. The SMILES string of the molecule is Cc1ccc(C(=O)O)c(NC2CCCCC2N)c1. The maximum absolute atomic E-state index is 11.2. The first-order valence-electron chi connectivity index (χ1n) is 6.44. The van der Waals surface area contributed by atoms with Crippen molar-refractivity contribution in [2.45, 2.75) is 44.7 Å². The number of hydrogen-bond donors (Lipinski definition) is 3. The number of anilines is 1. The molecule has 0 saturated heterocycles. The average molecular weight is 248 g/mol. The van der Waals surface area contributed by atoms with Crippen LogP contribution >= 0.6 is 0 Å². The zero-order valence-corrected chi connectivity index (χ0v) is 10.6. The van der Waals surface area contributed by atoms with E-state index >= 15 is 0 Å². The van der Waals surface area contributed by atoms with Gasteiger partial charge in [0.1, 0.15) is 0 Å². The van der Waals surface area contributed by atoms with Gasteiger partial charge in [-0.2, -0.15) is 0 Å². The van der Waals surface area contributed by atoms with Crippen LogP contribution in [0.15, 0.2) is 18.2 Å². The van der Waals surface area contributed by atoms with Crippen molar-refractivity contribution in [1.82, 2.24) is 0 Å². The summed E-state index contributed by atoms with van der Waals surface area (Å²) in [7, 11) is 0. The summed E-state index contributed by atoms with van der Waals surface area (Å²) < 4.78 is 0. The van der Waals surface area contributed by atoms with E-state index in [1.54, 1.807) is 6.07 Å². The molecule has 98 valence electrons. The Balaban J connectivity index is 2.21. The lowest BCUT2D eigenvalue weighted by atomic mass is 9.90. The fraction of sp³-hybridized carbons (Fsp3) is 0.500. The summed E-state index contributed by atoms with van der Waals surface area (Å²) >= 11 is 0. The Hall–Kier alpha value is -1.55. The van der Waals surface area contributed by atoms with E-state index in [0.29, 0.717) is 11.3 Å². The third kappa shape index (κ3) is 2.82. The third-order valence-corrected chi connectivity index (χ3v) is 3.57. The molecule has 1 fully saturated rings. The number of carboxylic acid groups (broad SMARTS) is 1. The molecular formula is C14H20N2O2. The molecule has 2 unspecified atom stereocenters. The second-order valence-electron chi connectivity index (χ2n) is 5.05. The maximum Gasteiger partial charge on any atom is 0.337 e. The van der Waals surface area contributed by atoms with Crippen molar-refractivity contribution in [3.8, 4) is 0 Å². The van der Waals surface area contributed by atoms with Crippen molar-refractivity contribution in [2.75, 3.05) is 5.32 Å². The summed E-state index contributed by atoms with van der Waals surface area (Å²) in [5.74, 6) is -0.901. The fourth-order valence-corrected chi connectivity index (χ4v) is 2.50. The number of hydrogen-bond acceptors (Lipinski definition) is 3. The average Bonchev–Trinajstić information content (AvgIpc) is 2.32. The van der Waals surface area contributed by atoms with Crippen LogP contribution in [0.1, 0.15) is 41.6 Å². The molecule has 0 aromatic heterocycles. The van der Waals surface area contributed by atoms with Gasteiger partial charge in [0.25, 0.3) is 0 Å². The van der Waals surface area contributed by atoms with Crippen molar-refractivity contribution in [1.29, 1.82) is 0 Å². The van der Waals surface area contributed by atoms with E-state index in [-0.39, 0.29) is 12.1 Å². The van der Waals surface area contributed by atoms with Gasteiger partial charge in [-0.3, -0.25) is 0 Å². The molecule has 4 N–H and O–H groups in total. The number of rotatable bonds is 3. The second-order valence-corrected chi connectivity index (χ2v) is 5.05. The number of nitrogens with one attached hydrogen (secondary N) is 1. The molecule has 1 aliphatic carbocycles. The van der Waals surface area contributed by atoms with E-state index < -0.39 is 5.97 Å². The molecule has 18 heavy (non-hydrogen) atoms. The van der Waals surface area contributed by atoms with Crippen LogP contribution < -0.4 is 11.1 Å². The van der Waals surface area contributed by atoms with Gasteiger partial charge in [0.05, 0.1) is 5.56 Å². The topological polar surface area (TPSA) is 75.3 Å². The number of carbonyl (C=O) groups is 1. The van der Waals surface area contributed by atoms with Crippen molar-refractivity contribution in [2.24, 2.45) is 5.73 Å². The van der Waals surface area contributed by atoms with Crippen LogP contribution in [0, 0.1) is 6.92 Å². The van der Waals surface area contributed by atoms with Gasteiger partial charge < -0.3 is 16.2 Å². The van der Waals surface area contributed by atoms with Gasteiger partial charge in [-0.15, -0.1) is 0 Å². The summed E-state index contributed by atoms with van der Waals surface area (Å²) in [4.78, 5) is 11.2. The van der Waals surface area contributed by atoms with Crippen molar-refractivity contribution < 1.29 is 9.90 Å². The monoisotopic (exact) mass is 248 g/mol. The lowest BCUT2D eigenvalue weighted by molar-refractivity contribution is 0.0698. The van der Waals surface area contributed by atoms with Gasteiger partial charge in [-0.1, -0.05) is 18.9 Å². The number of benzene rings is 1. The van der Waals surface area contributed by atoms with E-state index in [4.69, 9.17) is 5.73 Å². The summed E-state index contributed by atoms with van der Waals surface area (Å²) in [5, 5.41) is 12.5. The Morgan fingerprint density at radius 1 is 1.39 bits per heavy atom. The van der Waals surface area contributed by atoms with Crippen molar-refractivity contribution >= 4 is 11.7 Å². The van der Waals surface area contributed by atoms with Gasteiger partial charge >= 0.3 is 5.97 Å². The van der Waals surface area contributed by atoms with E-state index in [1.165, 1.54) is 6.42 Å². The third-order valence-electron chi connectivity index (χ3n) is 3.57. The molecule has 1 aromatic carbocycles. The minimum Gasteiger partial charge on any atom is -0.478 e. The summed E-state index contributed by atoms with van der Waals surface area (Å²) in [5.41, 5.74) is 8.13. The highest BCUT2D eigenvalue weighted by Crippen LogP contribution is 2.24. The molecule has 2 atom stereocenters. The molecule has 1 aliphatic rings. The normalized spacial score (nSPS) is 23.7. The molecular weight excluding hydrogens is 228 g/mol. The number of nitrogens with two attached hydrogens (primary N) is 1. The minimum absolute atomic E-state index is 0.112. The lowest BCUT2D eigenvalue weighted by Crippen LogP contribution is -2.42. The Kier molecular flexibility index (Phi) is 3.87. The highest BCUT2D eigenvalue weighted by atomic mass is 16.4. The summed E-state index contributed by atoms with van der Waals surface area (Å²) in [6.45, 7) is 1.96. The predicted molar refractivity (Wildman–Crippen MR) is 72.0 cm³/mol. The van der Waals surface area contributed by atoms with Crippen LogP contribution in [0.2, 0.25) is 0 Å². The molecule has 2 rings (SSSR count). The van der Waals surface area contributed by atoms with Gasteiger partial charge in [0.2, 0.25) is 0 Å². The molecule has 1 saturated carbocycles. The molecule has 0 amide bonds. The minimum atomic E-state index is -0.901. The molecule has 1 aromatic rings. The molecule has 0 radical (unpaired) electrons.